The van der Waals surface area contributed by atoms with Gasteiger partial charge in [-0.2, -0.15) is 10.4 Å². The molecule has 1 aliphatic heterocycles. The molecule has 6 N–H and O–H groups in total. The van der Waals surface area contributed by atoms with Crippen molar-refractivity contribution in [1.29, 1.82) is 5.26 Å². The molecule has 1 saturated heterocycles. The number of H-pyrrole nitrogens is 1. The quantitative estimate of drug-likeness (QED) is 0.329. The second-order valence-corrected chi connectivity index (χ2v) is 7.86. The molecular formula is C23H21BrFN7O. The summed E-state index contributed by atoms with van der Waals surface area (Å²) in [5, 5.41) is 27.0. The van der Waals surface area contributed by atoms with E-state index in [1.54, 1.807) is 0 Å². The molecule has 0 aliphatic carbocycles. The van der Waals surface area contributed by atoms with Gasteiger partial charge in [0.05, 0.1) is 16.6 Å². The van der Waals surface area contributed by atoms with Crippen LogP contribution in [0.4, 0.5) is 15.9 Å². The molecule has 1 aliphatic rings. The molecule has 0 unspecified atom stereocenters. The number of pyridine rings is 1. The van der Waals surface area contributed by atoms with E-state index in [4.69, 9.17) is 11.5 Å². The number of benzene rings is 2. The number of anilines is 2. The Morgan fingerprint density at radius 2 is 1.97 bits per heavy atom. The smallest absolute Gasteiger partial charge is 0.184 e. The molecule has 0 saturated carbocycles. The Balaban J connectivity index is 0.00000259. The van der Waals surface area contributed by atoms with Gasteiger partial charge in [-0.15, -0.1) is 17.0 Å². The molecule has 2 aromatic heterocycles. The summed E-state index contributed by atoms with van der Waals surface area (Å²) in [5.41, 5.74) is 15.1. The fourth-order valence-electron chi connectivity index (χ4n) is 4.23. The number of rotatable bonds is 3. The standard InChI is InChI=1S/C23H20FN7O.BrH/c24-18-9-15(32)5-6-16(18)21-17(10-25)19(20-22(27)29-30-23(20)28-21)12-1-3-14(4-2-12)31-8-7-13(26)11-31;/h1-6,9,13,32H,7-8,11,26H2,(H3,27,28,29,30);1H/t13-;/m0./s1. The lowest BCUT2D eigenvalue weighted by molar-refractivity contribution is 0.469. The van der Waals surface area contributed by atoms with Crippen LogP contribution in [0.1, 0.15) is 12.0 Å². The molecule has 0 spiro atoms. The first kappa shape index (κ1) is 22.5. The van der Waals surface area contributed by atoms with Crippen LogP contribution < -0.4 is 16.4 Å². The summed E-state index contributed by atoms with van der Waals surface area (Å²) < 4.78 is 14.7. The van der Waals surface area contributed by atoms with E-state index in [9.17, 15) is 14.8 Å². The number of hydrogen-bond donors (Lipinski definition) is 4. The summed E-state index contributed by atoms with van der Waals surface area (Å²) in [6.07, 6.45) is 0.943. The summed E-state index contributed by atoms with van der Waals surface area (Å²) in [6, 6.07) is 13.8. The minimum absolute atomic E-state index is 0. The monoisotopic (exact) mass is 509 g/mol. The lowest BCUT2D eigenvalue weighted by atomic mass is 9.93. The lowest BCUT2D eigenvalue weighted by Gasteiger charge is -2.19. The molecular weight excluding hydrogens is 489 g/mol. The Hall–Kier alpha value is -3.68. The normalized spacial score (nSPS) is 15.4. The fourth-order valence-corrected chi connectivity index (χ4v) is 4.23. The third-order valence-electron chi connectivity index (χ3n) is 5.80. The van der Waals surface area contributed by atoms with Crippen molar-refractivity contribution in [3.05, 3.63) is 53.8 Å². The van der Waals surface area contributed by atoms with Crippen molar-refractivity contribution in [3.8, 4) is 34.2 Å². The van der Waals surface area contributed by atoms with Gasteiger partial charge in [0.15, 0.2) is 5.65 Å². The first-order valence-corrected chi connectivity index (χ1v) is 10.1. The number of halogens is 2. The molecule has 5 rings (SSSR count). The van der Waals surface area contributed by atoms with Crippen molar-refractivity contribution in [2.75, 3.05) is 23.7 Å². The number of nitriles is 1. The molecule has 0 amide bonds. The predicted octanol–water partition coefficient (Wildman–Crippen LogP) is 3.71. The van der Waals surface area contributed by atoms with Gasteiger partial charge in [-0.25, -0.2) is 9.37 Å². The Labute approximate surface area is 199 Å². The highest BCUT2D eigenvalue weighted by atomic mass is 79.9. The minimum Gasteiger partial charge on any atom is -0.508 e. The molecule has 1 fully saturated rings. The van der Waals surface area contributed by atoms with Gasteiger partial charge in [-0.1, -0.05) is 12.1 Å². The highest BCUT2D eigenvalue weighted by molar-refractivity contribution is 8.93. The summed E-state index contributed by atoms with van der Waals surface area (Å²) in [5.74, 6) is -0.637. The first-order valence-electron chi connectivity index (χ1n) is 10.1. The van der Waals surface area contributed by atoms with Crippen molar-refractivity contribution in [3.63, 3.8) is 0 Å². The molecule has 4 aromatic rings. The highest BCUT2D eigenvalue weighted by Crippen LogP contribution is 2.39. The van der Waals surface area contributed by atoms with Crippen LogP contribution in [0.3, 0.4) is 0 Å². The molecule has 33 heavy (non-hydrogen) atoms. The van der Waals surface area contributed by atoms with Crippen LogP contribution in [-0.2, 0) is 0 Å². The van der Waals surface area contributed by atoms with Gasteiger partial charge in [-0.05, 0) is 36.2 Å². The van der Waals surface area contributed by atoms with E-state index in [1.807, 2.05) is 24.3 Å². The maximum atomic E-state index is 14.7. The first-order chi connectivity index (χ1) is 15.5. The second kappa shape index (κ2) is 8.69. The minimum atomic E-state index is -0.691. The van der Waals surface area contributed by atoms with Gasteiger partial charge < -0.3 is 21.5 Å². The van der Waals surface area contributed by atoms with E-state index in [0.717, 1.165) is 36.8 Å². The number of fused-ring (bicyclic) bond motifs is 1. The molecule has 8 nitrogen and oxygen atoms in total. The zero-order valence-electron chi connectivity index (χ0n) is 17.4. The van der Waals surface area contributed by atoms with Crippen LogP contribution in [0.15, 0.2) is 42.5 Å². The van der Waals surface area contributed by atoms with Crippen LogP contribution in [0.25, 0.3) is 33.4 Å². The zero-order chi connectivity index (χ0) is 22.4. The third kappa shape index (κ3) is 3.86. The van der Waals surface area contributed by atoms with Gasteiger partial charge in [-0.3, -0.25) is 5.10 Å². The SMILES string of the molecule is Br.N#Cc1c(-c2ccc(O)cc2F)nc2n[nH]c(N)c2c1-c1ccc(N2CC[C@H](N)C2)cc1. The van der Waals surface area contributed by atoms with Crippen molar-refractivity contribution in [1.82, 2.24) is 15.2 Å². The van der Waals surface area contributed by atoms with E-state index in [1.165, 1.54) is 12.1 Å². The van der Waals surface area contributed by atoms with Crippen LogP contribution >= 0.6 is 17.0 Å². The van der Waals surface area contributed by atoms with Crippen molar-refractivity contribution in [2.45, 2.75) is 12.5 Å². The second-order valence-electron chi connectivity index (χ2n) is 7.86. The van der Waals surface area contributed by atoms with Gasteiger partial charge >= 0.3 is 0 Å². The number of phenols is 1. The Kier molecular flexibility index (Phi) is 5.93. The number of nitrogen functional groups attached to an aromatic ring is 1. The number of nitrogens with two attached hydrogens (primary N) is 2. The molecule has 3 heterocycles. The summed E-state index contributed by atoms with van der Waals surface area (Å²) in [4.78, 5) is 6.63. The third-order valence-corrected chi connectivity index (χ3v) is 5.80. The van der Waals surface area contributed by atoms with Crippen molar-refractivity contribution in [2.24, 2.45) is 5.73 Å². The van der Waals surface area contributed by atoms with Crippen molar-refractivity contribution >= 4 is 39.5 Å². The molecule has 2 aromatic carbocycles. The van der Waals surface area contributed by atoms with E-state index in [0.29, 0.717) is 10.9 Å². The summed E-state index contributed by atoms with van der Waals surface area (Å²) in [7, 11) is 0. The van der Waals surface area contributed by atoms with E-state index in [2.05, 4.69) is 26.2 Å². The predicted molar refractivity (Wildman–Crippen MR) is 131 cm³/mol. The number of phenolic OH excluding ortho intramolecular Hbond substituents is 1. The molecule has 1 atom stereocenters. The molecule has 0 radical (unpaired) electrons. The van der Waals surface area contributed by atoms with E-state index < -0.39 is 5.82 Å². The van der Waals surface area contributed by atoms with E-state index in [-0.39, 0.29) is 57.1 Å². The highest BCUT2D eigenvalue weighted by Gasteiger charge is 2.24. The Bertz CT molecular complexity index is 1380. The van der Waals surface area contributed by atoms with Crippen molar-refractivity contribution < 1.29 is 9.50 Å². The fraction of sp³-hybridized carbons (Fsp3) is 0.174. The number of aromatic nitrogens is 3. The average Bonchev–Trinajstić information content (AvgIpc) is 3.38. The lowest BCUT2D eigenvalue weighted by Crippen LogP contribution is -2.26. The van der Waals surface area contributed by atoms with Crippen LogP contribution in [0.5, 0.6) is 5.75 Å². The number of hydrogen-bond acceptors (Lipinski definition) is 7. The van der Waals surface area contributed by atoms with Crippen LogP contribution in [-0.4, -0.2) is 39.4 Å². The largest absolute Gasteiger partial charge is 0.508 e. The number of aromatic amines is 1. The Morgan fingerprint density at radius 3 is 2.61 bits per heavy atom. The van der Waals surface area contributed by atoms with Crippen LogP contribution in [0.2, 0.25) is 0 Å². The molecule has 10 heteroatoms. The summed E-state index contributed by atoms with van der Waals surface area (Å²) in [6.45, 7) is 1.68. The maximum absolute atomic E-state index is 14.7. The summed E-state index contributed by atoms with van der Waals surface area (Å²) >= 11 is 0. The Morgan fingerprint density at radius 1 is 1.21 bits per heavy atom. The zero-order valence-corrected chi connectivity index (χ0v) is 19.1. The average molecular weight is 510 g/mol. The van der Waals surface area contributed by atoms with Crippen LogP contribution in [0, 0.1) is 17.1 Å². The maximum Gasteiger partial charge on any atom is 0.184 e. The number of nitrogens with one attached hydrogen (secondary N) is 1. The van der Waals surface area contributed by atoms with E-state index >= 15 is 0 Å². The van der Waals surface area contributed by atoms with Gasteiger partial charge in [0.25, 0.3) is 0 Å². The topological polar surface area (TPSA) is 141 Å². The number of nitrogens with zero attached hydrogens (tertiary/aromatic N) is 4. The number of aromatic hydroxyl groups is 1. The van der Waals surface area contributed by atoms with Gasteiger partial charge in [0, 0.05) is 42.0 Å². The molecule has 0 bridgehead atoms. The molecule has 168 valence electrons. The van der Waals surface area contributed by atoms with Gasteiger partial charge in [0.2, 0.25) is 0 Å². The van der Waals surface area contributed by atoms with Gasteiger partial charge in [0.1, 0.15) is 23.5 Å².